The van der Waals surface area contributed by atoms with Crippen LogP contribution in [0.25, 0.3) is 0 Å². The first-order valence-electron chi connectivity index (χ1n) is 5.18. The maximum absolute atomic E-state index is 13.5. The number of halogens is 2. The number of hydrogen-bond donors (Lipinski definition) is 0. The summed E-state index contributed by atoms with van der Waals surface area (Å²) in [6.45, 7) is 5.99. The van der Waals surface area contributed by atoms with Crippen LogP contribution in [0.2, 0.25) is 0 Å². The van der Waals surface area contributed by atoms with Gasteiger partial charge in [0.15, 0.2) is 0 Å². The molecule has 0 atom stereocenters. The minimum Gasteiger partial charge on any atom is -0.369 e. The molecule has 82 valence electrons. The summed E-state index contributed by atoms with van der Waals surface area (Å²) in [6.07, 6.45) is 1.05. The van der Waals surface area contributed by atoms with Gasteiger partial charge in [0.05, 0.1) is 5.69 Å². The molecule has 1 nitrogen and oxygen atoms in total. The van der Waals surface area contributed by atoms with Crippen LogP contribution >= 0.6 is 0 Å². The van der Waals surface area contributed by atoms with Crippen molar-refractivity contribution < 1.29 is 8.78 Å². The predicted octanol–water partition coefficient (Wildman–Crippen LogP) is 3.20. The van der Waals surface area contributed by atoms with Crippen LogP contribution in [0.1, 0.15) is 20.3 Å². The zero-order valence-electron chi connectivity index (χ0n) is 9.06. The molecule has 0 bridgehead atoms. The topological polar surface area (TPSA) is 3.24 Å². The van der Waals surface area contributed by atoms with Crippen molar-refractivity contribution in [2.75, 3.05) is 18.0 Å². The summed E-state index contributed by atoms with van der Waals surface area (Å²) < 4.78 is 26.2. The molecule has 0 aromatic heterocycles. The van der Waals surface area contributed by atoms with E-state index in [1.165, 1.54) is 12.1 Å². The summed E-state index contributed by atoms with van der Waals surface area (Å²) in [5.74, 6) is -0.984. The van der Waals surface area contributed by atoms with Crippen LogP contribution in [-0.2, 0) is 0 Å². The van der Waals surface area contributed by atoms with E-state index in [4.69, 9.17) is 0 Å². The summed E-state index contributed by atoms with van der Waals surface area (Å²) in [4.78, 5) is 1.98. The van der Waals surface area contributed by atoms with E-state index in [2.05, 4.69) is 13.8 Å². The predicted molar refractivity (Wildman–Crippen MR) is 57.0 cm³/mol. The maximum atomic E-state index is 13.5. The van der Waals surface area contributed by atoms with E-state index in [0.717, 1.165) is 25.6 Å². The molecule has 1 aliphatic heterocycles. The van der Waals surface area contributed by atoms with Crippen LogP contribution in [0.3, 0.4) is 0 Å². The maximum Gasteiger partial charge on any atom is 0.149 e. The highest BCUT2D eigenvalue weighted by Crippen LogP contribution is 2.33. The van der Waals surface area contributed by atoms with E-state index >= 15 is 0 Å². The molecule has 0 saturated carbocycles. The second kappa shape index (κ2) is 3.47. The second-order valence-electron chi connectivity index (χ2n) is 4.93. The molecule has 0 radical (unpaired) electrons. The summed E-state index contributed by atoms with van der Waals surface area (Å²) in [7, 11) is 0. The Labute approximate surface area is 88.7 Å². The Kier molecular flexibility index (Phi) is 2.41. The van der Waals surface area contributed by atoms with Gasteiger partial charge in [-0.25, -0.2) is 8.78 Å². The lowest BCUT2D eigenvalue weighted by Crippen LogP contribution is -2.23. The molecule has 1 aliphatic rings. The van der Waals surface area contributed by atoms with Crippen LogP contribution in [0, 0.1) is 17.0 Å². The van der Waals surface area contributed by atoms with Crippen molar-refractivity contribution in [3.8, 4) is 0 Å². The average Bonchev–Trinajstić information content (AvgIpc) is 2.46. The third kappa shape index (κ3) is 2.11. The van der Waals surface area contributed by atoms with E-state index in [-0.39, 0.29) is 5.41 Å². The smallest absolute Gasteiger partial charge is 0.149 e. The lowest BCUT2D eigenvalue weighted by molar-refractivity contribution is 0.418. The fourth-order valence-electron chi connectivity index (χ4n) is 2.06. The largest absolute Gasteiger partial charge is 0.369 e. The van der Waals surface area contributed by atoms with Gasteiger partial charge in [0, 0.05) is 19.2 Å². The van der Waals surface area contributed by atoms with Gasteiger partial charge in [-0.15, -0.1) is 0 Å². The van der Waals surface area contributed by atoms with Gasteiger partial charge in [-0.3, -0.25) is 0 Å². The quantitative estimate of drug-likeness (QED) is 0.689. The Bertz CT molecular complexity index is 374. The Balaban J connectivity index is 2.24. The lowest BCUT2D eigenvalue weighted by atomic mass is 9.93. The first-order valence-corrected chi connectivity index (χ1v) is 5.18. The molecule has 0 spiro atoms. The van der Waals surface area contributed by atoms with E-state index in [9.17, 15) is 8.78 Å². The molecule has 1 heterocycles. The van der Waals surface area contributed by atoms with Gasteiger partial charge in [-0.05, 0) is 24.0 Å². The van der Waals surface area contributed by atoms with E-state index in [1.54, 1.807) is 0 Å². The standard InChI is InChI=1S/C12H15F2N/c1-12(2)5-6-15(8-12)11-4-3-9(13)7-10(11)14/h3-4,7H,5-6,8H2,1-2H3. The Morgan fingerprint density at radius 1 is 1.27 bits per heavy atom. The molecule has 2 rings (SSSR count). The van der Waals surface area contributed by atoms with Gasteiger partial charge in [-0.1, -0.05) is 13.8 Å². The fraction of sp³-hybridized carbons (Fsp3) is 0.500. The highest BCUT2D eigenvalue weighted by Gasteiger charge is 2.30. The number of anilines is 1. The molecule has 1 aromatic rings. The number of hydrogen-bond acceptors (Lipinski definition) is 1. The fourth-order valence-corrected chi connectivity index (χ4v) is 2.06. The van der Waals surface area contributed by atoms with Crippen LogP contribution < -0.4 is 4.90 Å². The Morgan fingerprint density at radius 2 is 2.00 bits per heavy atom. The van der Waals surface area contributed by atoms with Crippen LogP contribution in [0.15, 0.2) is 18.2 Å². The lowest BCUT2D eigenvalue weighted by Gasteiger charge is -2.21. The molecular formula is C12H15F2N. The summed E-state index contributed by atoms with van der Waals surface area (Å²) >= 11 is 0. The SMILES string of the molecule is CC1(C)CCN(c2ccc(F)cc2F)C1. The highest BCUT2D eigenvalue weighted by molar-refractivity contribution is 5.49. The molecule has 1 saturated heterocycles. The zero-order chi connectivity index (χ0) is 11.1. The third-order valence-electron chi connectivity index (χ3n) is 2.93. The number of benzene rings is 1. The number of nitrogens with zero attached hydrogens (tertiary/aromatic N) is 1. The zero-order valence-corrected chi connectivity index (χ0v) is 9.06. The van der Waals surface area contributed by atoms with Crippen LogP contribution in [0.5, 0.6) is 0 Å². The normalized spacial score (nSPS) is 19.6. The highest BCUT2D eigenvalue weighted by atomic mass is 19.1. The minimum absolute atomic E-state index is 0.223. The van der Waals surface area contributed by atoms with E-state index in [1.807, 2.05) is 4.90 Å². The molecule has 0 unspecified atom stereocenters. The first kappa shape index (κ1) is 10.4. The molecule has 15 heavy (non-hydrogen) atoms. The van der Waals surface area contributed by atoms with Crippen LogP contribution in [0.4, 0.5) is 14.5 Å². The third-order valence-corrected chi connectivity index (χ3v) is 2.93. The summed E-state index contributed by atoms with van der Waals surface area (Å²) in [5.41, 5.74) is 0.739. The van der Waals surface area contributed by atoms with Crippen molar-refractivity contribution in [3.05, 3.63) is 29.8 Å². The first-order chi connectivity index (χ1) is 6.98. The minimum atomic E-state index is -0.519. The molecule has 0 aliphatic carbocycles. The molecule has 1 aromatic carbocycles. The van der Waals surface area contributed by atoms with Crippen molar-refractivity contribution in [1.82, 2.24) is 0 Å². The van der Waals surface area contributed by atoms with Gasteiger partial charge in [0.1, 0.15) is 11.6 Å². The molecule has 3 heteroatoms. The van der Waals surface area contributed by atoms with Crippen molar-refractivity contribution in [1.29, 1.82) is 0 Å². The number of rotatable bonds is 1. The van der Waals surface area contributed by atoms with Crippen molar-refractivity contribution in [2.24, 2.45) is 5.41 Å². The summed E-state index contributed by atoms with van der Waals surface area (Å²) in [5, 5.41) is 0. The second-order valence-corrected chi connectivity index (χ2v) is 4.93. The van der Waals surface area contributed by atoms with Crippen molar-refractivity contribution >= 4 is 5.69 Å². The molecule has 1 fully saturated rings. The van der Waals surface area contributed by atoms with Crippen molar-refractivity contribution in [2.45, 2.75) is 20.3 Å². The van der Waals surface area contributed by atoms with Crippen LogP contribution in [-0.4, -0.2) is 13.1 Å². The summed E-state index contributed by atoms with van der Waals surface area (Å²) in [6, 6.07) is 3.77. The monoisotopic (exact) mass is 211 g/mol. The van der Waals surface area contributed by atoms with Gasteiger partial charge >= 0.3 is 0 Å². The van der Waals surface area contributed by atoms with Gasteiger partial charge in [0.25, 0.3) is 0 Å². The van der Waals surface area contributed by atoms with Gasteiger partial charge < -0.3 is 4.90 Å². The van der Waals surface area contributed by atoms with Gasteiger partial charge in [0.2, 0.25) is 0 Å². The van der Waals surface area contributed by atoms with Crippen molar-refractivity contribution in [3.63, 3.8) is 0 Å². The molecule has 0 N–H and O–H groups in total. The molecule has 0 amide bonds. The van der Waals surface area contributed by atoms with E-state index in [0.29, 0.717) is 5.69 Å². The molecular weight excluding hydrogens is 196 g/mol. The Hall–Kier alpha value is -1.12. The Morgan fingerprint density at radius 3 is 2.53 bits per heavy atom. The average molecular weight is 211 g/mol. The van der Waals surface area contributed by atoms with Gasteiger partial charge in [-0.2, -0.15) is 0 Å². The van der Waals surface area contributed by atoms with E-state index < -0.39 is 11.6 Å².